The summed E-state index contributed by atoms with van der Waals surface area (Å²) in [5.41, 5.74) is 1.27. The Morgan fingerprint density at radius 2 is 2.32 bits per heavy atom. The van der Waals surface area contributed by atoms with Gasteiger partial charge in [-0.25, -0.2) is 4.39 Å². The summed E-state index contributed by atoms with van der Waals surface area (Å²) in [6.45, 7) is 0. The number of benzene rings is 1. The molecule has 0 saturated carbocycles. The molecule has 1 heterocycles. The number of aliphatic carboxylic acids is 1. The van der Waals surface area contributed by atoms with E-state index in [-0.39, 0.29) is 6.42 Å². The molecule has 1 aromatic heterocycles. The Kier molecular flexibility index (Phi) is 3.84. The van der Waals surface area contributed by atoms with Gasteiger partial charge in [-0.15, -0.1) is 0 Å². The Morgan fingerprint density at radius 3 is 2.95 bits per heavy atom. The van der Waals surface area contributed by atoms with E-state index < -0.39 is 11.8 Å². The van der Waals surface area contributed by atoms with Crippen LogP contribution in [-0.2, 0) is 11.2 Å². The zero-order valence-electron chi connectivity index (χ0n) is 9.91. The van der Waals surface area contributed by atoms with E-state index in [0.29, 0.717) is 27.2 Å². The van der Waals surface area contributed by atoms with Crippen molar-refractivity contribution in [2.24, 2.45) is 0 Å². The number of nitrogens with one attached hydrogen (secondary N) is 1. The second-order valence-corrected chi connectivity index (χ2v) is 4.57. The third-order valence-electron chi connectivity index (χ3n) is 2.52. The highest BCUT2D eigenvalue weighted by molar-refractivity contribution is 9.10. The maximum Gasteiger partial charge on any atom is 0.309 e. The number of carboxylic acid groups (broad SMARTS) is 1. The topological polar surface area (TPSA) is 75.2 Å². The molecule has 1 aromatic carbocycles. The smallest absolute Gasteiger partial charge is 0.309 e. The number of methoxy groups -OCH3 is 1. The first-order valence-corrected chi connectivity index (χ1v) is 6.10. The highest BCUT2D eigenvalue weighted by Gasteiger charge is 2.18. The Balaban J connectivity index is 2.50. The first-order chi connectivity index (χ1) is 9.02. The van der Waals surface area contributed by atoms with Crippen molar-refractivity contribution in [1.29, 1.82) is 0 Å². The fourth-order valence-electron chi connectivity index (χ4n) is 1.68. The van der Waals surface area contributed by atoms with Crippen molar-refractivity contribution >= 4 is 21.9 Å². The van der Waals surface area contributed by atoms with Crippen molar-refractivity contribution in [2.45, 2.75) is 6.42 Å². The Hall–Kier alpha value is -1.89. The van der Waals surface area contributed by atoms with E-state index >= 15 is 0 Å². The molecule has 0 aliphatic rings. The SMILES string of the molecule is COc1ccc(F)cc1-c1n[nH]c(CC(=O)O)c1Br. The van der Waals surface area contributed by atoms with Crippen molar-refractivity contribution < 1.29 is 19.0 Å². The fraction of sp³-hybridized carbons (Fsp3) is 0.167. The molecule has 5 nitrogen and oxygen atoms in total. The zero-order chi connectivity index (χ0) is 14.0. The average molecular weight is 329 g/mol. The third kappa shape index (κ3) is 2.76. The molecule has 0 fully saturated rings. The zero-order valence-corrected chi connectivity index (χ0v) is 11.5. The number of H-pyrrole nitrogens is 1. The maximum absolute atomic E-state index is 13.3. The molecule has 7 heteroatoms. The summed E-state index contributed by atoms with van der Waals surface area (Å²) < 4.78 is 18.9. The van der Waals surface area contributed by atoms with Crippen molar-refractivity contribution in [1.82, 2.24) is 10.2 Å². The molecule has 0 amide bonds. The summed E-state index contributed by atoms with van der Waals surface area (Å²) in [7, 11) is 1.47. The van der Waals surface area contributed by atoms with Crippen LogP contribution in [0.5, 0.6) is 5.75 Å². The van der Waals surface area contributed by atoms with Crippen molar-refractivity contribution in [3.8, 4) is 17.0 Å². The van der Waals surface area contributed by atoms with Gasteiger partial charge >= 0.3 is 5.97 Å². The molecule has 2 N–H and O–H groups in total. The van der Waals surface area contributed by atoms with Gasteiger partial charge in [-0.3, -0.25) is 9.89 Å². The molecule has 0 aliphatic heterocycles. The molecule has 100 valence electrons. The van der Waals surface area contributed by atoms with Crippen molar-refractivity contribution in [3.05, 3.63) is 34.2 Å². The molecule has 2 rings (SSSR count). The summed E-state index contributed by atoms with van der Waals surface area (Å²) in [5.74, 6) is -0.955. The fourth-order valence-corrected chi connectivity index (χ4v) is 2.21. The lowest BCUT2D eigenvalue weighted by Crippen LogP contribution is -2.00. The standard InChI is InChI=1S/C12H10BrFN2O3/c1-19-9-3-2-6(14)4-7(9)12-11(13)8(15-16-12)5-10(17)18/h2-4H,5H2,1H3,(H,15,16)(H,17,18). The van der Waals surface area contributed by atoms with E-state index in [0.717, 1.165) is 0 Å². The number of nitrogens with zero attached hydrogens (tertiary/aromatic N) is 1. The summed E-state index contributed by atoms with van der Waals surface area (Å²) >= 11 is 3.27. The number of halogens is 2. The van der Waals surface area contributed by atoms with Crippen LogP contribution in [0.3, 0.4) is 0 Å². The molecule has 0 aliphatic carbocycles. The molecule has 0 atom stereocenters. The van der Waals surface area contributed by atoms with Gasteiger partial charge in [0, 0.05) is 5.56 Å². The summed E-state index contributed by atoms with van der Waals surface area (Å²) in [6, 6.07) is 4.05. The highest BCUT2D eigenvalue weighted by atomic mass is 79.9. The Labute approximate surface area is 116 Å². The molecule has 0 unspecified atom stereocenters. The number of carbonyl (C=O) groups is 1. The van der Waals surface area contributed by atoms with Crippen LogP contribution in [0.25, 0.3) is 11.3 Å². The minimum Gasteiger partial charge on any atom is -0.496 e. The average Bonchev–Trinajstić information content (AvgIpc) is 2.70. The van der Waals surface area contributed by atoms with Gasteiger partial charge in [0.2, 0.25) is 0 Å². The molecule has 19 heavy (non-hydrogen) atoms. The van der Waals surface area contributed by atoms with Crippen LogP contribution in [-0.4, -0.2) is 28.4 Å². The molecule has 0 bridgehead atoms. The molecule has 0 saturated heterocycles. The van der Waals surface area contributed by atoms with Crippen molar-refractivity contribution in [3.63, 3.8) is 0 Å². The van der Waals surface area contributed by atoms with Gasteiger partial charge in [-0.2, -0.15) is 5.10 Å². The number of aromatic amines is 1. The number of rotatable bonds is 4. The number of hydrogen-bond acceptors (Lipinski definition) is 3. The summed E-state index contributed by atoms with van der Waals surface area (Å²) in [4.78, 5) is 10.7. The lowest BCUT2D eigenvalue weighted by Gasteiger charge is -2.06. The second-order valence-electron chi connectivity index (χ2n) is 3.78. The normalized spacial score (nSPS) is 10.5. The first kappa shape index (κ1) is 13.5. The molecular weight excluding hydrogens is 319 g/mol. The van der Waals surface area contributed by atoms with Gasteiger partial charge in [0.15, 0.2) is 0 Å². The van der Waals surface area contributed by atoms with Crippen LogP contribution >= 0.6 is 15.9 Å². The number of carboxylic acids is 1. The predicted octanol–water partition coefficient (Wildman–Crippen LogP) is 2.61. The van der Waals surface area contributed by atoms with Crippen LogP contribution in [0.4, 0.5) is 4.39 Å². The third-order valence-corrected chi connectivity index (χ3v) is 3.37. The van der Waals surface area contributed by atoms with Gasteiger partial charge in [0.1, 0.15) is 17.3 Å². The van der Waals surface area contributed by atoms with Crippen LogP contribution in [0.15, 0.2) is 22.7 Å². The van der Waals surface area contributed by atoms with Crippen LogP contribution in [0.2, 0.25) is 0 Å². The van der Waals surface area contributed by atoms with Crippen molar-refractivity contribution in [2.75, 3.05) is 7.11 Å². The van der Waals surface area contributed by atoms with E-state index in [1.807, 2.05) is 0 Å². The maximum atomic E-state index is 13.3. The number of ether oxygens (including phenoxy) is 1. The first-order valence-electron chi connectivity index (χ1n) is 5.31. The van der Waals surface area contributed by atoms with Gasteiger partial charge in [-0.05, 0) is 34.1 Å². The number of aromatic nitrogens is 2. The Morgan fingerprint density at radius 1 is 1.58 bits per heavy atom. The van der Waals surface area contributed by atoms with Crippen LogP contribution in [0, 0.1) is 5.82 Å². The Bertz CT molecular complexity index is 627. The lowest BCUT2D eigenvalue weighted by atomic mass is 10.1. The van der Waals surface area contributed by atoms with Gasteiger partial charge < -0.3 is 9.84 Å². The molecule has 2 aromatic rings. The van der Waals surface area contributed by atoms with Gasteiger partial charge in [0.05, 0.1) is 23.7 Å². The predicted molar refractivity (Wildman–Crippen MR) is 69.6 cm³/mol. The van der Waals surface area contributed by atoms with E-state index in [4.69, 9.17) is 9.84 Å². The largest absolute Gasteiger partial charge is 0.496 e. The summed E-state index contributed by atoms with van der Waals surface area (Å²) in [5, 5.41) is 15.4. The summed E-state index contributed by atoms with van der Waals surface area (Å²) in [6.07, 6.45) is -0.203. The lowest BCUT2D eigenvalue weighted by molar-refractivity contribution is -0.136. The molecule has 0 radical (unpaired) electrons. The highest BCUT2D eigenvalue weighted by Crippen LogP contribution is 2.35. The van der Waals surface area contributed by atoms with E-state index in [9.17, 15) is 9.18 Å². The molecular formula is C12H10BrFN2O3. The minimum atomic E-state index is -0.984. The number of hydrogen-bond donors (Lipinski definition) is 2. The quantitative estimate of drug-likeness (QED) is 0.904. The monoisotopic (exact) mass is 328 g/mol. The van der Waals surface area contributed by atoms with Crippen LogP contribution < -0.4 is 4.74 Å². The second kappa shape index (κ2) is 5.40. The molecule has 0 spiro atoms. The van der Waals surface area contributed by atoms with E-state index in [2.05, 4.69) is 26.1 Å². The van der Waals surface area contributed by atoms with E-state index in [1.54, 1.807) is 0 Å². The van der Waals surface area contributed by atoms with Gasteiger partial charge in [-0.1, -0.05) is 0 Å². The van der Waals surface area contributed by atoms with Gasteiger partial charge in [0.25, 0.3) is 0 Å². The van der Waals surface area contributed by atoms with E-state index in [1.165, 1.54) is 25.3 Å². The van der Waals surface area contributed by atoms with Crippen LogP contribution in [0.1, 0.15) is 5.69 Å². The minimum absolute atomic E-state index is 0.203.